The minimum absolute atomic E-state index is 0.118. The Morgan fingerprint density at radius 3 is 2.46 bits per heavy atom. The van der Waals surface area contributed by atoms with E-state index in [4.69, 9.17) is 20.6 Å². The molecular weight excluding hydrogens is 747 g/mol. The predicted molar refractivity (Wildman–Crippen MR) is 227 cm³/mol. The smallest absolute Gasteiger partial charge is 0.255 e. The first-order valence-corrected chi connectivity index (χ1v) is 21.6. The summed E-state index contributed by atoms with van der Waals surface area (Å²) in [6, 6.07) is 12.8. The monoisotopic (exact) mass is 805 g/mol. The fraction of sp³-hybridized carbons (Fsp3) is 0.556. The number of ether oxygens (including phenoxy) is 2. The molecule has 314 valence electrons. The topological polar surface area (TPSA) is 170 Å². The molecule has 1 aromatic heterocycles. The molecule has 2 aliphatic carbocycles. The maximum Gasteiger partial charge on any atom is 0.255 e. The molecule has 8 rings (SSSR count). The normalized spacial score (nSPS) is 23.0. The summed E-state index contributed by atoms with van der Waals surface area (Å²) < 4.78 is 12.8. The number of likely N-dealkylation sites (N-methyl/N-ethyl adjacent to an activating group) is 2. The molecule has 1 unspecified atom stereocenters. The average molecular weight is 806 g/mol. The third kappa shape index (κ3) is 9.38. The van der Waals surface area contributed by atoms with Gasteiger partial charge in [0, 0.05) is 80.8 Å². The number of aromatic nitrogens is 2. The third-order valence-corrected chi connectivity index (χ3v) is 13.0. The van der Waals surface area contributed by atoms with Crippen LogP contribution in [0, 0.1) is 11.3 Å². The summed E-state index contributed by atoms with van der Waals surface area (Å²) in [5, 5.41) is 11.3. The van der Waals surface area contributed by atoms with Crippen molar-refractivity contribution in [3.63, 3.8) is 0 Å². The van der Waals surface area contributed by atoms with Gasteiger partial charge < -0.3 is 34.8 Å². The molecule has 3 aromatic rings. The van der Waals surface area contributed by atoms with Crippen molar-refractivity contribution >= 4 is 40.6 Å². The van der Waals surface area contributed by atoms with Crippen LogP contribution >= 0.6 is 0 Å². The zero-order valence-electron chi connectivity index (χ0n) is 34.8. The lowest BCUT2D eigenvalue weighted by Gasteiger charge is -2.37. The van der Waals surface area contributed by atoms with Crippen LogP contribution in [0.15, 0.2) is 48.8 Å². The van der Waals surface area contributed by atoms with Gasteiger partial charge in [-0.25, -0.2) is 9.97 Å². The number of amides is 3. The minimum atomic E-state index is -0.599. The van der Waals surface area contributed by atoms with Crippen LogP contribution in [0.4, 0.5) is 17.2 Å². The molecule has 14 nitrogen and oxygen atoms in total. The minimum Gasteiger partial charge on any atom is -0.488 e. The van der Waals surface area contributed by atoms with Gasteiger partial charge in [-0.1, -0.05) is 0 Å². The lowest BCUT2D eigenvalue weighted by Crippen LogP contribution is -2.52. The number of nitrogens with one attached hydrogen (secondary N) is 2. The quantitative estimate of drug-likeness (QED) is 0.105. The van der Waals surface area contributed by atoms with Crippen molar-refractivity contribution in [1.29, 1.82) is 5.41 Å². The molecule has 3 amide bonds. The van der Waals surface area contributed by atoms with E-state index in [-0.39, 0.29) is 41.6 Å². The van der Waals surface area contributed by atoms with E-state index in [0.717, 1.165) is 101 Å². The molecule has 2 aromatic carbocycles. The Bertz CT molecular complexity index is 2060. The maximum absolute atomic E-state index is 13.1. The highest BCUT2D eigenvalue weighted by Gasteiger charge is 2.41. The summed E-state index contributed by atoms with van der Waals surface area (Å²) in [5.74, 6) is 1.38. The fourth-order valence-corrected chi connectivity index (χ4v) is 9.16. The summed E-state index contributed by atoms with van der Waals surface area (Å²) in [7, 11) is 2.21. The number of nitrogens with two attached hydrogens (primary N) is 1. The predicted octanol–water partition coefficient (Wildman–Crippen LogP) is 5.17. The fourth-order valence-electron chi connectivity index (χ4n) is 9.16. The summed E-state index contributed by atoms with van der Waals surface area (Å²) >= 11 is 0. The Kier molecular flexibility index (Phi) is 11.9. The van der Waals surface area contributed by atoms with Gasteiger partial charge in [-0.3, -0.25) is 25.1 Å². The van der Waals surface area contributed by atoms with Crippen LogP contribution in [-0.4, -0.2) is 113 Å². The Morgan fingerprint density at radius 2 is 1.73 bits per heavy atom. The molecule has 59 heavy (non-hydrogen) atoms. The highest BCUT2D eigenvalue weighted by atomic mass is 16.5. The number of carbonyl (C=O) groups excluding carboxylic acids is 3. The number of carbonyl (C=O) groups is 3. The first-order chi connectivity index (χ1) is 28.4. The standard InChI is InChI=1S/C45H59N9O5/c1-4-52(40-25-38(48-28-49-40)42(47)36-24-34(10-12-37(36)46)59-45(2)17-18-45)22-21-51(3)26-29-5-8-32(9-6-29)58-33-15-19-53(20-16-33)31-7-11-35-30(23-31)27-54(44(35)57)39-13-14-41(55)50-43(39)56/h7,10-12,23-25,28-29,32-33,39,47H,4-6,8-9,13-22,26-27,46H2,1-3H3,(H,50,55,56). The number of hydrogen-bond acceptors (Lipinski definition) is 12. The van der Waals surface area contributed by atoms with Gasteiger partial charge >= 0.3 is 0 Å². The van der Waals surface area contributed by atoms with Gasteiger partial charge in [0.05, 0.1) is 23.6 Å². The Labute approximate surface area is 347 Å². The summed E-state index contributed by atoms with van der Waals surface area (Å²) in [5.41, 5.74) is 10.8. The first-order valence-electron chi connectivity index (χ1n) is 21.6. The van der Waals surface area contributed by atoms with E-state index in [1.54, 1.807) is 11.0 Å². The zero-order chi connectivity index (χ0) is 41.3. The first kappa shape index (κ1) is 40.7. The molecule has 0 bridgehead atoms. The Hall–Kier alpha value is -5.08. The number of benzene rings is 2. The molecule has 4 heterocycles. The van der Waals surface area contributed by atoms with E-state index in [9.17, 15) is 14.4 Å². The van der Waals surface area contributed by atoms with Crippen molar-refractivity contribution < 1.29 is 23.9 Å². The second kappa shape index (κ2) is 17.3. The van der Waals surface area contributed by atoms with Gasteiger partial charge in [-0.15, -0.1) is 0 Å². The van der Waals surface area contributed by atoms with Crippen molar-refractivity contribution in [2.75, 3.05) is 61.8 Å². The van der Waals surface area contributed by atoms with Crippen molar-refractivity contribution in [3.05, 3.63) is 71.2 Å². The number of fused-ring (bicyclic) bond motifs is 1. The lowest BCUT2D eigenvalue weighted by atomic mass is 9.87. The number of hydrogen-bond donors (Lipinski definition) is 3. The molecule has 14 heteroatoms. The van der Waals surface area contributed by atoms with E-state index in [0.29, 0.717) is 47.5 Å². The van der Waals surface area contributed by atoms with Crippen LogP contribution in [0.2, 0.25) is 0 Å². The van der Waals surface area contributed by atoms with E-state index in [1.807, 2.05) is 30.3 Å². The number of piperidine rings is 2. The van der Waals surface area contributed by atoms with E-state index >= 15 is 0 Å². The van der Waals surface area contributed by atoms with Crippen LogP contribution in [0.5, 0.6) is 5.75 Å². The van der Waals surface area contributed by atoms with Crippen LogP contribution < -0.4 is 25.6 Å². The molecule has 2 saturated carbocycles. The molecule has 5 aliphatic rings. The number of nitrogens with zero attached hydrogens (tertiary/aromatic N) is 6. The van der Waals surface area contributed by atoms with E-state index < -0.39 is 6.04 Å². The van der Waals surface area contributed by atoms with Crippen molar-refractivity contribution in [1.82, 2.24) is 25.1 Å². The van der Waals surface area contributed by atoms with Gasteiger partial charge in [0.1, 0.15) is 29.5 Å². The van der Waals surface area contributed by atoms with Crippen LogP contribution in [0.25, 0.3) is 0 Å². The summed E-state index contributed by atoms with van der Waals surface area (Å²) in [6.45, 7) is 10.0. The number of imide groups is 1. The van der Waals surface area contributed by atoms with Crippen LogP contribution in [0.3, 0.4) is 0 Å². The third-order valence-electron chi connectivity index (χ3n) is 13.0. The van der Waals surface area contributed by atoms with Crippen molar-refractivity contribution in [2.24, 2.45) is 5.92 Å². The number of nitrogen functional groups attached to an aromatic ring is 1. The Balaban J connectivity index is 0.756. The SMILES string of the molecule is CCN(CCN(C)CC1CCC(OC2CCN(c3ccc4c(c3)CN(C3CCC(=O)NC3=O)C4=O)CC2)CC1)c1cc(C(=N)c2cc(OC3(C)CC3)ccc2N)ncn1. The lowest BCUT2D eigenvalue weighted by molar-refractivity contribution is -0.136. The van der Waals surface area contributed by atoms with Crippen LogP contribution in [-0.2, 0) is 20.9 Å². The molecule has 4 fully saturated rings. The second-order valence-corrected chi connectivity index (χ2v) is 17.5. The average Bonchev–Trinajstić information content (AvgIpc) is 3.88. The number of rotatable bonds is 15. The highest BCUT2D eigenvalue weighted by Crippen LogP contribution is 2.40. The van der Waals surface area contributed by atoms with Crippen molar-refractivity contribution in [2.45, 2.75) is 108 Å². The second-order valence-electron chi connectivity index (χ2n) is 17.5. The summed E-state index contributed by atoms with van der Waals surface area (Å²) in [6.07, 6.45) is 11.3. The van der Waals surface area contributed by atoms with Gasteiger partial charge in [0.15, 0.2) is 0 Å². The molecule has 0 spiro atoms. The Morgan fingerprint density at radius 1 is 0.966 bits per heavy atom. The van der Waals surface area contributed by atoms with Gasteiger partial charge in [0.2, 0.25) is 11.8 Å². The largest absolute Gasteiger partial charge is 0.488 e. The summed E-state index contributed by atoms with van der Waals surface area (Å²) in [4.78, 5) is 54.9. The van der Waals surface area contributed by atoms with E-state index in [2.05, 4.69) is 56.9 Å². The molecule has 2 saturated heterocycles. The van der Waals surface area contributed by atoms with Gasteiger partial charge in [-0.2, -0.15) is 0 Å². The number of anilines is 3. The van der Waals surface area contributed by atoms with E-state index in [1.165, 1.54) is 19.2 Å². The van der Waals surface area contributed by atoms with Crippen LogP contribution in [0.1, 0.15) is 105 Å². The van der Waals surface area contributed by atoms with Gasteiger partial charge in [0.25, 0.3) is 5.91 Å². The van der Waals surface area contributed by atoms with Gasteiger partial charge in [-0.05, 0) is 127 Å². The molecule has 1 atom stereocenters. The molecule has 4 N–H and O–H groups in total. The molecular formula is C45H59N9O5. The molecule has 0 radical (unpaired) electrons. The van der Waals surface area contributed by atoms with Crippen molar-refractivity contribution in [3.8, 4) is 5.75 Å². The highest BCUT2D eigenvalue weighted by molar-refractivity contribution is 6.13. The maximum atomic E-state index is 13.1. The zero-order valence-corrected chi connectivity index (χ0v) is 34.8. The molecule has 3 aliphatic heterocycles.